The Morgan fingerprint density at radius 2 is 2.27 bits per heavy atom. The fourth-order valence-electron chi connectivity index (χ4n) is 1.60. The minimum absolute atomic E-state index is 0. The van der Waals surface area contributed by atoms with Crippen LogP contribution in [0.1, 0.15) is 26.2 Å². The number of hydrogen-bond donors (Lipinski definition) is 2. The van der Waals surface area contributed by atoms with Crippen LogP contribution in [0.15, 0.2) is 20.4 Å². The van der Waals surface area contributed by atoms with Gasteiger partial charge in [-0.05, 0) is 35.8 Å². The molecule has 0 atom stereocenters. The van der Waals surface area contributed by atoms with E-state index < -0.39 is 5.54 Å². The Labute approximate surface area is 147 Å². The molecule has 2 aromatic rings. The maximum absolute atomic E-state index is 11.8. The van der Waals surface area contributed by atoms with E-state index in [1.54, 1.807) is 0 Å². The number of thiophene rings is 1. The molecule has 0 radical (unpaired) electrons. The Morgan fingerprint density at radius 1 is 1.55 bits per heavy atom. The second kappa shape index (κ2) is 8.05. The van der Waals surface area contributed by atoms with Gasteiger partial charge in [0, 0.05) is 34.8 Å². The van der Waals surface area contributed by atoms with Gasteiger partial charge >= 0.3 is 0 Å². The summed E-state index contributed by atoms with van der Waals surface area (Å²) in [7, 11) is 0. The Balaban J connectivity index is 0.00000242. The topological polar surface area (TPSA) is 94.0 Å². The molecule has 2 rings (SSSR count). The van der Waals surface area contributed by atoms with Crippen molar-refractivity contribution < 1.29 is 9.32 Å². The zero-order chi connectivity index (χ0) is 15.5. The molecule has 0 aliphatic heterocycles. The SMILES string of the molecule is CC(C)(CN)NC(=O)CCc1nc(-c2cc(Br)cs2)no1.Cl. The summed E-state index contributed by atoms with van der Waals surface area (Å²) in [5.41, 5.74) is 5.17. The lowest BCUT2D eigenvalue weighted by atomic mass is 10.1. The number of hydrogen-bond acceptors (Lipinski definition) is 6. The number of aromatic nitrogens is 2. The first kappa shape index (κ1) is 19.1. The van der Waals surface area contributed by atoms with Crippen molar-refractivity contribution in [1.82, 2.24) is 15.5 Å². The first-order valence-corrected chi connectivity index (χ1v) is 8.15. The van der Waals surface area contributed by atoms with E-state index in [2.05, 4.69) is 31.4 Å². The van der Waals surface area contributed by atoms with Crippen LogP contribution in [0.2, 0.25) is 0 Å². The zero-order valence-corrected chi connectivity index (χ0v) is 15.5. The summed E-state index contributed by atoms with van der Waals surface area (Å²) in [6.45, 7) is 4.14. The van der Waals surface area contributed by atoms with E-state index >= 15 is 0 Å². The van der Waals surface area contributed by atoms with E-state index in [0.29, 0.717) is 31.1 Å². The predicted molar refractivity (Wildman–Crippen MR) is 92.2 cm³/mol. The largest absolute Gasteiger partial charge is 0.350 e. The summed E-state index contributed by atoms with van der Waals surface area (Å²) in [5.74, 6) is 0.919. The smallest absolute Gasteiger partial charge is 0.227 e. The van der Waals surface area contributed by atoms with Gasteiger partial charge in [0.2, 0.25) is 17.6 Å². The van der Waals surface area contributed by atoms with Crippen molar-refractivity contribution in [3.63, 3.8) is 0 Å². The van der Waals surface area contributed by atoms with Gasteiger partial charge < -0.3 is 15.6 Å². The number of amides is 1. The lowest BCUT2D eigenvalue weighted by molar-refractivity contribution is -0.122. The highest BCUT2D eigenvalue weighted by atomic mass is 79.9. The molecule has 3 N–H and O–H groups in total. The number of rotatable bonds is 6. The van der Waals surface area contributed by atoms with Gasteiger partial charge in [-0.2, -0.15) is 4.98 Å². The van der Waals surface area contributed by atoms with Crippen LogP contribution in [0.4, 0.5) is 0 Å². The molecule has 6 nitrogen and oxygen atoms in total. The molecule has 1 amide bonds. The quantitative estimate of drug-likeness (QED) is 0.765. The Hall–Kier alpha value is -0.960. The molecule has 0 fully saturated rings. The first-order chi connectivity index (χ1) is 9.89. The van der Waals surface area contributed by atoms with E-state index in [1.807, 2.05) is 25.3 Å². The van der Waals surface area contributed by atoms with Crippen LogP contribution in [0.25, 0.3) is 10.7 Å². The van der Waals surface area contributed by atoms with Crippen LogP contribution >= 0.6 is 39.7 Å². The van der Waals surface area contributed by atoms with Crippen LogP contribution in [0.5, 0.6) is 0 Å². The maximum atomic E-state index is 11.8. The average Bonchev–Trinajstić information content (AvgIpc) is 3.04. The number of halogens is 2. The molecule has 0 aromatic carbocycles. The molecule has 9 heteroatoms. The minimum atomic E-state index is -0.402. The van der Waals surface area contributed by atoms with Crippen molar-refractivity contribution in [3.8, 4) is 10.7 Å². The van der Waals surface area contributed by atoms with Gasteiger partial charge in [0.15, 0.2) is 0 Å². The molecular formula is C13H18BrClN4O2S. The molecule has 0 spiro atoms. The van der Waals surface area contributed by atoms with Crippen LogP contribution < -0.4 is 11.1 Å². The van der Waals surface area contributed by atoms with Crippen molar-refractivity contribution >= 4 is 45.6 Å². The van der Waals surface area contributed by atoms with Gasteiger partial charge in [0.1, 0.15) is 0 Å². The number of nitrogens with two attached hydrogens (primary N) is 1. The number of nitrogens with one attached hydrogen (secondary N) is 1. The summed E-state index contributed by atoms with van der Waals surface area (Å²) in [6.07, 6.45) is 0.700. The standard InChI is InChI=1S/C13H17BrN4O2S.ClH/c1-13(2,7-15)17-10(19)3-4-11-16-12(18-20-11)9-5-8(14)6-21-9;/h5-6H,3-4,7,15H2,1-2H3,(H,17,19);1H. The lowest BCUT2D eigenvalue weighted by Gasteiger charge is -2.23. The summed E-state index contributed by atoms with van der Waals surface area (Å²) >= 11 is 4.91. The molecule has 2 heterocycles. The Kier molecular flexibility index (Phi) is 6.98. The molecule has 0 aliphatic carbocycles. The number of carbonyl (C=O) groups is 1. The summed E-state index contributed by atoms with van der Waals surface area (Å²) in [6, 6.07) is 1.93. The highest BCUT2D eigenvalue weighted by Crippen LogP contribution is 2.27. The van der Waals surface area contributed by atoms with Crippen LogP contribution in [-0.4, -0.2) is 28.1 Å². The predicted octanol–water partition coefficient (Wildman–Crippen LogP) is 2.77. The van der Waals surface area contributed by atoms with Gasteiger partial charge in [0.05, 0.1) is 4.88 Å². The Morgan fingerprint density at radius 3 is 2.86 bits per heavy atom. The van der Waals surface area contributed by atoms with E-state index in [0.717, 1.165) is 9.35 Å². The maximum Gasteiger partial charge on any atom is 0.227 e. The molecule has 122 valence electrons. The van der Waals surface area contributed by atoms with Gasteiger partial charge in [0.25, 0.3) is 0 Å². The monoisotopic (exact) mass is 408 g/mol. The normalized spacial score (nSPS) is 11.1. The van der Waals surface area contributed by atoms with Gasteiger partial charge in [-0.3, -0.25) is 4.79 Å². The zero-order valence-electron chi connectivity index (χ0n) is 12.3. The fourth-order valence-corrected chi connectivity index (χ4v) is 2.95. The molecule has 0 unspecified atom stereocenters. The van der Waals surface area contributed by atoms with Crippen LogP contribution in [0.3, 0.4) is 0 Å². The van der Waals surface area contributed by atoms with Gasteiger partial charge in [-0.15, -0.1) is 23.7 Å². The van der Waals surface area contributed by atoms with Crippen molar-refractivity contribution in [3.05, 3.63) is 21.8 Å². The third-order valence-corrected chi connectivity index (χ3v) is 4.50. The van der Waals surface area contributed by atoms with Crippen molar-refractivity contribution in [2.24, 2.45) is 5.73 Å². The molecular weight excluding hydrogens is 392 g/mol. The Bertz CT molecular complexity index is 629. The molecule has 0 aliphatic rings. The molecule has 22 heavy (non-hydrogen) atoms. The molecule has 2 aromatic heterocycles. The molecule has 0 saturated carbocycles. The number of nitrogens with zero attached hydrogens (tertiary/aromatic N) is 2. The highest BCUT2D eigenvalue weighted by molar-refractivity contribution is 9.10. The van der Waals surface area contributed by atoms with Crippen LogP contribution in [-0.2, 0) is 11.2 Å². The van der Waals surface area contributed by atoms with Crippen molar-refractivity contribution in [1.29, 1.82) is 0 Å². The van der Waals surface area contributed by atoms with E-state index in [4.69, 9.17) is 10.3 Å². The van der Waals surface area contributed by atoms with Crippen LogP contribution in [0, 0.1) is 0 Å². The van der Waals surface area contributed by atoms with Gasteiger partial charge in [-0.25, -0.2) is 0 Å². The summed E-state index contributed by atoms with van der Waals surface area (Å²) < 4.78 is 6.14. The minimum Gasteiger partial charge on any atom is -0.350 e. The van der Waals surface area contributed by atoms with Crippen molar-refractivity contribution in [2.75, 3.05) is 6.54 Å². The first-order valence-electron chi connectivity index (χ1n) is 6.48. The fraction of sp³-hybridized carbons (Fsp3) is 0.462. The van der Waals surface area contributed by atoms with E-state index in [-0.39, 0.29) is 18.3 Å². The number of aryl methyl sites for hydroxylation is 1. The number of carbonyl (C=O) groups excluding carboxylic acids is 1. The molecule has 0 bridgehead atoms. The second-order valence-electron chi connectivity index (χ2n) is 5.28. The lowest BCUT2D eigenvalue weighted by Crippen LogP contribution is -2.48. The molecule has 0 saturated heterocycles. The summed E-state index contributed by atoms with van der Waals surface area (Å²) in [4.78, 5) is 17.0. The van der Waals surface area contributed by atoms with E-state index in [1.165, 1.54) is 11.3 Å². The highest BCUT2D eigenvalue weighted by Gasteiger charge is 2.19. The van der Waals surface area contributed by atoms with E-state index in [9.17, 15) is 4.79 Å². The third kappa shape index (κ3) is 5.35. The summed E-state index contributed by atoms with van der Waals surface area (Å²) in [5, 5.41) is 8.73. The van der Waals surface area contributed by atoms with Gasteiger partial charge in [-0.1, -0.05) is 5.16 Å². The average molecular weight is 410 g/mol. The second-order valence-corrected chi connectivity index (χ2v) is 7.10. The van der Waals surface area contributed by atoms with Crippen molar-refractivity contribution in [2.45, 2.75) is 32.2 Å². The third-order valence-electron chi connectivity index (χ3n) is 2.81.